The van der Waals surface area contributed by atoms with Gasteiger partial charge in [-0.1, -0.05) is 55.5 Å². The van der Waals surface area contributed by atoms with Gasteiger partial charge >= 0.3 is 5.97 Å². The molecule has 2 aromatic rings. The van der Waals surface area contributed by atoms with Crippen molar-refractivity contribution in [3.63, 3.8) is 0 Å². The number of hydrogen-bond donors (Lipinski definition) is 2. The van der Waals surface area contributed by atoms with Crippen LogP contribution in [0.4, 0.5) is 0 Å². The maximum Gasteiger partial charge on any atom is 0.326 e. The van der Waals surface area contributed by atoms with E-state index in [1.165, 1.54) is 0 Å². The van der Waals surface area contributed by atoms with E-state index >= 15 is 0 Å². The number of carbonyl (C=O) groups is 2. The molecule has 204 valence electrons. The average Bonchev–Trinajstić information content (AvgIpc) is 2.91. The molecule has 3 unspecified atom stereocenters. The molecule has 0 heterocycles. The van der Waals surface area contributed by atoms with Gasteiger partial charge in [-0.25, -0.2) is 4.79 Å². The Bertz CT molecular complexity index is 1160. The first-order chi connectivity index (χ1) is 18.3. The first-order valence-electron chi connectivity index (χ1n) is 13.1. The van der Waals surface area contributed by atoms with Gasteiger partial charge in [0.2, 0.25) is 0 Å². The van der Waals surface area contributed by atoms with Crippen LogP contribution in [-0.2, 0) is 20.9 Å². The number of amides is 1. The van der Waals surface area contributed by atoms with Crippen molar-refractivity contribution in [3.8, 4) is 11.1 Å². The van der Waals surface area contributed by atoms with Crippen molar-refractivity contribution in [3.05, 3.63) is 83.0 Å². The zero-order chi connectivity index (χ0) is 27.5. The zero-order valence-corrected chi connectivity index (χ0v) is 23.6. The van der Waals surface area contributed by atoms with E-state index in [0.29, 0.717) is 43.5 Å². The Balaban J connectivity index is 1.88. The Labute approximate surface area is 230 Å². The molecule has 1 aliphatic rings. The van der Waals surface area contributed by atoms with Crippen LogP contribution in [0.5, 0.6) is 0 Å². The van der Waals surface area contributed by atoms with Crippen molar-refractivity contribution in [2.24, 2.45) is 5.92 Å². The fourth-order valence-corrected chi connectivity index (χ4v) is 4.82. The molecule has 0 saturated carbocycles. The minimum absolute atomic E-state index is 0.184. The van der Waals surface area contributed by atoms with Gasteiger partial charge in [-0.05, 0) is 84.6 Å². The summed E-state index contributed by atoms with van der Waals surface area (Å²) in [5.41, 5.74) is 5.19. The van der Waals surface area contributed by atoms with Gasteiger partial charge in [-0.3, -0.25) is 4.79 Å². The highest BCUT2D eigenvalue weighted by molar-refractivity contribution is 7.98. The lowest BCUT2D eigenvalue weighted by Gasteiger charge is -2.23. The van der Waals surface area contributed by atoms with Crippen LogP contribution < -0.4 is 5.32 Å². The number of aliphatic carboxylic acids is 1. The summed E-state index contributed by atoms with van der Waals surface area (Å²) in [4.78, 5) is 25.1. The molecule has 0 aromatic heterocycles. The number of allylic oxidation sites excluding steroid dienone is 2. The lowest BCUT2D eigenvalue weighted by molar-refractivity contribution is -0.139. The van der Waals surface area contributed by atoms with Gasteiger partial charge in [0.25, 0.3) is 5.91 Å². The minimum atomic E-state index is -1.03. The standard InChI is InChI=1S/C31H39NO5S/c1-5-36-20-29(24-13-10-21(2)11-14-24)37-19-23-12-15-26(27(18-23)25-9-7-6-8-22(25)3)30(33)32-28(31(34)35)16-17-38-4/h6-10,12-15,18,21,28-29H,5,11,16-17,19-20H2,1-4H3,(H,32,33)(H,34,35). The third kappa shape index (κ3) is 8.32. The molecule has 2 aromatic carbocycles. The summed E-state index contributed by atoms with van der Waals surface area (Å²) in [6, 6.07) is 12.5. The topological polar surface area (TPSA) is 84.9 Å². The summed E-state index contributed by atoms with van der Waals surface area (Å²) >= 11 is 1.55. The first kappa shape index (κ1) is 29.7. The Morgan fingerprint density at radius 2 is 1.97 bits per heavy atom. The maximum absolute atomic E-state index is 13.3. The molecule has 0 radical (unpaired) electrons. The largest absolute Gasteiger partial charge is 0.480 e. The summed E-state index contributed by atoms with van der Waals surface area (Å²) in [5.74, 6) is -0.268. The van der Waals surface area contributed by atoms with Crippen LogP contribution in [0.3, 0.4) is 0 Å². The molecule has 3 rings (SSSR count). The van der Waals surface area contributed by atoms with Crippen LogP contribution in [0.1, 0.15) is 48.2 Å². The molecule has 38 heavy (non-hydrogen) atoms. The predicted octanol–water partition coefficient (Wildman–Crippen LogP) is 6.04. The molecule has 2 N–H and O–H groups in total. The molecule has 0 aliphatic heterocycles. The van der Waals surface area contributed by atoms with Crippen molar-refractivity contribution >= 4 is 23.6 Å². The number of carbonyl (C=O) groups excluding carboxylic acids is 1. The second-order valence-electron chi connectivity index (χ2n) is 9.58. The molecule has 6 nitrogen and oxygen atoms in total. The number of carboxylic acids is 1. The third-order valence-electron chi connectivity index (χ3n) is 6.62. The van der Waals surface area contributed by atoms with E-state index in [2.05, 4.69) is 30.5 Å². The van der Waals surface area contributed by atoms with E-state index in [1.807, 2.05) is 56.5 Å². The summed E-state index contributed by atoms with van der Waals surface area (Å²) in [7, 11) is 0. The van der Waals surface area contributed by atoms with Crippen LogP contribution in [-0.4, -0.2) is 54.4 Å². The molecular weight excluding hydrogens is 498 g/mol. The molecule has 0 spiro atoms. The molecular formula is C31H39NO5S. The Morgan fingerprint density at radius 1 is 1.18 bits per heavy atom. The smallest absolute Gasteiger partial charge is 0.326 e. The maximum atomic E-state index is 13.3. The number of carboxylic acid groups (broad SMARTS) is 1. The van der Waals surface area contributed by atoms with E-state index in [4.69, 9.17) is 9.47 Å². The Hall–Kier alpha value is -2.87. The third-order valence-corrected chi connectivity index (χ3v) is 7.26. The first-order valence-corrected chi connectivity index (χ1v) is 14.5. The van der Waals surface area contributed by atoms with E-state index in [-0.39, 0.29) is 6.10 Å². The van der Waals surface area contributed by atoms with Crippen LogP contribution in [0.2, 0.25) is 0 Å². The number of hydrogen-bond acceptors (Lipinski definition) is 5. The Morgan fingerprint density at radius 3 is 2.63 bits per heavy atom. The van der Waals surface area contributed by atoms with Gasteiger partial charge in [-0.2, -0.15) is 11.8 Å². The molecule has 3 atom stereocenters. The van der Waals surface area contributed by atoms with Gasteiger partial charge in [0.05, 0.1) is 13.2 Å². The minimum Gasteiger partial charge on any atom is -0.480 e. The van der Waals surface area contributed by atoms with Gasteiger partial charge < -0.3 is 19.9 Å². The molecule has 1 amide bonds. The summed E-state index contributed by atoms with van der Waals surface area (Å²) in [5, 5.41) is 12.3. The van der Waals surface area contributed by atoms with E-state index in [0.717, 1.165) is 34.2 Å². The number of thioether (sulfide) groups is 1. The van der Waals surface area contributed by atoms with Gasteiger partial charge in [0.15, 0.2) is 0 Å². The molecule has 0 saturated heterocycles. The molecule has 0 fully saturated rings. The van der Waals surface area contributed by atoms with Crippen LogP contribution in [0.15, 0.2) is 66.3 Å². The van der Waals surface area contributed by atoms with E-state index in [1.54, 1.807) is 17.8 Å². The second kappa shape index (κ2) is 14.9. The lowest BCUT2D eigenvalue weighted by atomic mass is 9.93. The van der Waals surface area contributed by atoms with Crippen molar-refractivity contribution in [1.82, 2.24) is 5.32 Å². The summed E-state index contributed by atoms with van der Waals surface area (Å²) in [6.07, 6.45) is 9.61. The number of aryl methyl sites for hydroxylation is 1. The normalized spacial score (nSPS) is 16.5. The van der Waals surface area contributed by atoms with Gasteiger partial charge in [0.1, 0.15) is 12.1 Å². The number of nitrogens with one attached hydrogen (secondary N) is 1. The zero-order valence-electron chi connectivity index (χ0n) is 22.7. The molecule has 0 bridgehead atoms. The van der Waals surface area contributed by atoms with Crippen LogP contribution in [0.25, 0.3) is 11.1 Å². The highest BCUT2D eigenvalue weighted by Crippen LogP contribution is 2.29. The summed E-state index contributed by atoms with van der Waals surface area (Å²) < 4.78 is 12.0. The summed E-state index contributed by atoms with van der Waals surface area (Å²) in [6.45, 7) is 7.60. The van der Waals surface area contributed by atoms with E-state index < -0.39 is 17.9 Å². The fourth-order valence-electron chi connectivity index (χ4n) is 4.35. The van der Waals surface area contributed by atoms with Crippen molar-refractivity contribution in [1.29, 1.82) is 0 Å². The highest BCUT2D eigenvalue weighted by Gasteiger charge is 2.23. The number of rotatable bonds is 14. The molecule has 1 aliphatic carbocycles. The van der Waals surface area contributed by atoms with Crippen LogP contribution >= 0.6 is 11.8 Å². The monoisotopic (exact) mass is 537 g/mol. The lowest BCUT2D eigenvalue weighted by Crippen LogP contribution is -2.41. The predicted molar refractivity (Wildman–Crippen MR) is 155 cm³/mol. The van der Waals surface area contributed by atoms with Crippen molar-refractivity contribution < 1.29 is 24.2 Å². The van der Waals surface area contributed by atoms with Crippen molar-refractivity contribution in [2.45, 2.75) is 52.4 Å². The quantitative estimate of drug-likeness (QED) is 0.306. The fraction of sp³-hybridized carbons (Fsp3) is 0.419. The van der Waals surface area contributed by atoms with Gasteiger partial charge in [-0.15, -0.1) is 0 Å². The molecule has 7 heteroatoms. The van der Waals surface area contributed by atoms with Crippen LogP contribution in [0, 0.1) is 12.8 Å². The van der Waals surface area contributed by atoms with Gasteiger partial charge in [0, 0.05) is 12.2 Å². The van der Waals surface area contributed by atoms with Crippen molar-refractivity contribution in [2.75, 3.05) is 25.2 Å². The highest BCUT2D eigenvalue weighted by atomic mass is 32.2. The SMILES string of the molecule is CCOCC(OCc1ccc(C(=O)NC(CCSC)C(=O)O)c(-c2ccccc2C)c1)C1=CCC(C)C=C1. The number of ether oxygens (including phenoxy) is 2. The Kier molecular flexibility index (Phi) is 11.6. The van der Waals surface area contributed by atoms with E-state index in [9.17, 15) is 14.7 Å². The second-order valence-corrected chi connectivity index (χ2v) is 10.6. The number of benzene rings is 2. The average molecular weight is 538 g/mol.